The number of hydrogen-bond acceptors (Lipinski definition) is 5. The van der Waals surface area contributed by atoms with Crippen molar-refractivity contribution in [1.29, 1.82) is 0 Å². The lowest BCUT2D eigenvalue weighted by Gasteiger charge is -2.24. The largest absolute Gasteiger partial charge is 0.328 e. The zero-order chi connectivity index (χ0) is 22.2. The third-order valence-electron chi connectivity index (χ3n) is 5.86. The number of halogens is 1. The molecule has 1 amide bonds. The molecular formula is C23H22IN7O. The number of aromatic amines is 1. The fraction of sp³-hybridized carbons (Fsp3) is 0.261. The van der Waals surface area contributed by atoms with E-state index in [2.05, 4.69) is 56.0 Å². The summed E-state index contributed by atoms with van der Waals surface area (Å²) in [4.78, 5) is 21.8. The second kappa shape index (κ2) is 8.45. The Balaban J connectivity index is 1.48. The number of carbonyl (C=O) groups excluding carboxylic acids is 1. The van der Waals surface area contributed by atoms with E-state index in [1.807, 2.05) is 42.2 Å². The Morgan fingerprint density at radius 1 is 1.16 bits per heavy atom. The van der Waals surface area contributed by atoms with Crippen molar-refractivity contribution in [2.24, 2.45) is 0 Å². The molecule has 1 aliphatic heterocycles. The van der Waals surface area contributed by atoms with Gasteiger partial charge in [0.2, 0.25) is 0 Å². The third-order valence-corrected chi connectivity index (χ3v) is 7.03. The van der Waals surface area contributed by atoms with Crippen LogP contribution in [0.1, 0.15) is 46.2 Å². The van der Waals surface area contributed by atoms with E-state index < -0.39 is 0 Å². The molecule has 0 radical (unpaired) electrons. The number of benzene rings is 2. The molecule has 1 saturated heterocycles. The van der Waals surface area contributed by atoms with Gasteiger partial charge in [0, 0.05) is 15.7 Å². The lowest BCUT2D eigenvalue weighted by Crippen LogP contribution is -2.32. The van der Waals surface area contributed by atoms with Gasteiger partial charge in [0.1, 0.15) is 5.82 Å². The summed E-state index contributed by atoms with van der Waals surface area (Å²) >= 11 is 2.32. The molecular weight excluding hydrogens is 515 g/mol. The van der Waals surface area contributed by atoms with Crippen LogP contribution in [0.5, 0.6) is 0 Å². The van der Waals surface area contributed by atoms with Crippen LogP contribution >= 0.6 is 22.6 Å². The lowest BCUT2D eigenvalue weighted by atomic mass is 10.1. The van der Waals surface area contributed by atoms with Crippen LogP contribution in [-0.4, -0.2) is 47.5 Å². The first kappa shape index (κ1) is 20.8. The van der Waals surface area contributed by atoms with Gasteiger partial charge in [-0.3, -0.25) is 9.89 Å². The minimum absolute atomic E-state index is 0.0492. The molecule has 8 nitrogen and oxygen atoms in total. The highest BCUT2D eigenvalue weighted by molar-refractivity contribution is 14.1. The summed E-state index contributed by atoms with van der Waals surface area (Å²) in [5.41, 5.74) is 4.41. The van der Waals surface area contributed by atoms with E-state index in [0.717, 1.165) is 35.4 Å². The topological polar surface area (TPSA) is 92.6 Å². The van der Waals surface area contributed by atoms with Gasteiger partial charge >= 0.3 is 0 Å². The van der Waals surface area contributed by atoms with Crippen molar-refractivity contribution in [2.75, 3.05) is 6.54 Å². The molecule has 4 aromatic rings. The summed E-state index contributed by atoms with van der Waals surface area (Å²) in [6.07, 6.45) is 4.97. The maximum absolute atomic E-state index is 13.7. The van der Waals surface area contributed by atoms with Gasteiger partial charge in [0.05, 0.1) is 29.7 Å². The number of nitrogens with zero attached hydrogens (tertiary/aromatic N) is 6. The van der Waals surface area contributed by atoms with Gasteiger partial charge in [-0.1, -0.05) is 23.8 Å². The molecule has 9 heteroatoms. The molecule has 0 aliphatic carbocycles. The van der Waals surface area contributed by atoms with Crippen LogP contribution in [0.25, 0.3) is 17.1 Å². The molecule has 1 aliphatic rings. The number of nitrogens with one attached hydrogen (secondary N) is 1. The Bertz CT molecular complexity index is 1280. The summed E-state index contributed by atoms with van der Waals surface area (Å²) in [6, 6.07) is 11.7. The van der Waals surface area contributed by atoms with Crippen molar-refractivity contribution in [1.82, 2.24) is 35.1 Å². The fourth-order valence-electron chi connectivity index (χ4n) is 4.18. The molecule has 0 spiro atoms. The van der Waals surface area contributed by atoms with E-state index in [1.165, 1.54) is 8.37 Å². The second-order valence-electron chi connectivity index (χ2n) is 7.95. The number of rotatable bonds is 4. The predicted molar refractivity (Wildman–Crippen MR) is 128 cm³/mol. The van der Waals surface area contributed by atoms with Gasteiger partial charge in [-0.2, -0.15) is 20.1 Å². The summed E-state index contributed by atoms with van der Waals surface area (Å²) in [7, 11) is 0. The van der Waals surface area contributed by atoms with Crippen molar-refractivity contribution in [2.45, 2.75) is 32.7 Å². The van der Waals surface area contributed by atoms with Crippen LogP contribution in [0.3, 0.4) is 0 Å². The second-order valence-corrected chi connectivity index (χ2v) is 9.11. The van der Waals surface area contributed by atoms with E-state index >= 15 is 0 Å². The number of aryl methyl sites for hydroxylation is 1. The molecule has 0 unspecified atom stereocenters. The molecule has 162 valence electrons. The molecule has 0 bridgehead atoms. The monoisotopic (exact) mass is 537 g/mol. The molecule has 3 heterocycles. The summed E-state index contributed by atoms with van der Waals surface area (Å²) in [5.74, 6) is 1.33. The Kier molecular flexibility index (Phi) is 5.50. The number of hydrogen-bond donors (Lipinski definition) is 1. The molecule has 1 N–H and O–H groups in total. The SMILES string of the molecule is Cc1ccc(-n2nccn2)c(C(=O)N2CCC[C@H]2c2nc(-c3cccc([125I])c3C)n[nH]2)c1. The van der Waals surface area contributed by atoms with Gasteiger partial charge < -0.3 is 4.90 Å². The van der Waals surface area contributed by atoms with Crippen molar-refractivity contribution in [3.8, 4) is 17.1 Å². The van der Waals surface area contributed by atoms with Gasteiger partial charge in [-0.05, 0) is 73.0 Å². The van der Waals surface area contributed by atoms with Crippen LogP contribution < -0.4 is 0 Å². The lowest BCUT2D eigenvalue weighted by molar-refractivity contribution is 0.0729. The molecule has 2 aromatic heterocycles. The van der Waals surface area contributed by atoms with Crippen LogP contribution in [0.4, 0.5) is 0 Å². The number of amides is 1. The van der Waals surface area contributed by atoms with Gasteiger partial charge in [-0.15, -0.1) is 0 Å². The Hall–Kier alpha value is -3.08. The number of H-pyrrole nitrogens is 1. The Labute approximate surface area is 199 Å². The van der Waals surface area contributed by atoms with Crippen LogP contribution in [0.2, 0.25) is 0 Å². The smallest absolute Gasteiger partial charge is 0.256 e. The first-order valence-corrected chi connectivity index (χ1v) is 11.6. The normalized spacial score (nSPS) is 16.0. The molecule has 1 fully saturated rings. The first-order chi connectivity index (χ1) is 15.5. The van der Waals surface area contributed by atoms with E-state index in [-0.39, 0.29) is 11.9 Å². The van der Waals surface area contributed by atoms with E-state index in [4.69, 9.17) is 4.98 Å². The predicted octanol–water partition coefficient (Wildman–Crippen LogP) is 4.25. The molecule has 1 atom stereocenters. The highest BCUT2D eigenvalue weighted by Gasteiger charge is 2.34. The molecule has 5 rings (SSSR count). The fourth-order valence-corrected chi connectivity index (χ4v) is 4.68. The molecule has 0 saturated carbocycles. The number of aromatic nitrogens is 6. The van der Waals surface area contributed by atoms with Crippen LogP contribution in [0.15, 0.2) is 48.8 Å². The number of carbonyl (C=O) groups is 1. The summed E-state index contributed by atoms with van der Waals surface area (Å²) < 4.78 is 1.17. The van der Waals surface area contributed by atoms with Crippen molar-refractivity contribution >= 4 is 28.5 Å². The van der Waals surface area contributed by atoms with Crippen LogP contribution in [0, 0.1) is 17.4 Å². The van der Waals surface area contributed by atoms with Crippen molar-refractivity contribution in [3.63, 3.8) is 0 Å². The molecule has 32 heavy (non-hydrogen) atoms. The van der Waals surface area contributed by atoms with Crippen molar-refractivity contribution in [3.05, 3.63) is 74.9 Å². The maximum Gasteiger partial charge on any atom is 0.256 e. The van der Waals surface area contributed by atoms with Crippen LogP contribution in [-0.2, 0) is 0 Å². The van der Waals surface area contributed by atoms with Gasteiger partial charge in [0.25, 0.3) is 5.91 Å². The van der Waals surface area contributed by atoms with E-state index in [9.17, 15) is 4.79 Å². The van der Waals surface area contributed by atoms with Gasteiger partial charge in [-0.25, -0.2) is 4.98 Å². The standard InChI is InChI=1S/C23H22IN7O/c1-14-8-9-19(31-25-10-11-26-31)17(13-14)23(32)30-12-4-7-20(30)22-27-21(28-29-22)16-5-3-6-18(24)15(16)2/h3,5-6,8-11,13,20H,4,7,12H2,1-2H3,(H,27,28,29)/t20-/m0/s1/i24-2. The average molecular weight is 537 g/mol. The summed E-state index contributed by atoms with van der Waals surface area (Å²) in [5, 5.41) is 16.0. The van der Waals surface area contributed by atoms with Gasteiger partial charge in [0.15, 0.2) is 5.82 Å². The number of likely N-dealkylation sites (tertiary alicyclic amines) is 1. The third kappa shape index (κ3) is 3.70. The van der Waals surface area contributed by atoms with E-state index in [0.29, 0.717) is 23.6 Å². The highest BCUT2D eigenvalue weighted by Crippen LogP contribution is 2.34. The first-order valence-electron chi connectivity index (χ1n) is 10.5. The average Bonchev–Trinajstić information content (AvgIpc) is 3.56. The zero-order valence-corrected chi connectivity index (χ0v) is 19.9. The Morgan fingerprint density at radius 3 is 2.78 bits per heavy atom. The minimum Gasteiger partial charge on any atom is -0.328 e. The zero-order valence-electron chi connectivity index (χ0n) is 17.8. The van der Waals surface area contributed by atoms with Crippen molar-refractivity contribution < 1.29 is 4.79 Å². The highest BCUT2D eigenvalue weighted by atomic mass is 125. The van der Waals surface area contributed by atoms with E-state index in [1.54, 1.807) is 12.4 Å². The minimum atomic E-state index is -0.147. The quantitative estimate of drug-likeness (QED) is 0.393. The molecule has 2 aromatic carbocycles. The maximum atomic E-state index is 13.7. The summed E-state index contributed by atoms with van der Waals surface area (Å²) in [6.45, 7) is 4.72. The Morgan fingerprint density at radius 2 is 1.97 bits per heavy atom.